The quantitative estimate of drug-likeness (QED) is 0.846. The van der Waals surface area contributed by atoms with Crippen molar-refractivity contribution in [3.05, 3.63) is 11.1 Å². The molecule has 0 radical (unpaired) electrons. The Morgan fingerprint density at radius 2 is 1.88 bits per heavy atom. The monoisotopic (exact) mass is 349 g/mol. The minimum Gasteiger partial charge on any atom is -0.462 e. The molecule has 0 saturated heterocycles. The maximum absolute atomic E-state index is 12.3. The van der Waals surface area contributed by atoms with Gasteiger partial charge < -0.3 is 10.5 Å². The minimum absolute atomic E-state index is 0.204. The lowest BCUT2D eigenvalue weighted by Crippen LogP contribution is -2.63. The number of hydrogen-bond donors (Lipinski definition) is 1. The van der Waals surface area contributed by atoms with Crippen molar-refractivity contribution in [1.82, 2.24) is 4.98 Å². The smallest absolute Gasteiger partial charge is 0.350 e. The zero-order valence-corrected chi connectivity index (χ0v) is 14.7. The van der Waals surface area contributed by atoms with Gasteiger partial charge in [0, 0.05) is 0 Å². The number of carbonyl (C=O) groups excluding carboxylic acids is 2. The Bertz CT molecular complexity index is 637. The third-order valence-corrected chi connectivity index (χ3v) is 6.82. The Balaban J connectivity index is 1.66. The van der Waals surface area contributed by atoms with Crippen molar-refractivity contribution in [1.29, 1.82) is 0 Å². The summed E-state index contributed by atoms with van der Waals surface area (Å²) < 4.78 is 5.03. The molecule has 4 saturated carbocycles. The van der Waals surface area contributed by atoms with Gasteiger partial charge in [0.2, 0.25) is 0 Å². The van der Waals surface area contributed by atoms with Crippen LogP contribution < -0.4 is 10.6 Å². The van der Waals surface area contributed by atoms with E-state index >= 15 is 0 Å². The molecule has 5 rings (SSSR count). The first-order chi connectivity index (χ1) is 11.5. The number of primary amides is 1. The van der Waals surface area contributed by atoms with Crippen molar-refractivity contribution in [2.45, 2.75) is 51.0 Å². The SMILES string of the molecule is CCOC(=O)c1cnc(N(C(N)=O)C23CC4CC(CC(C4)C2)C3)s1. The summed E-state index contributed by atoms with van der Waals surface area (Å²) in [5, 5.41) is 0.535. The number of hydrogen-bond acceptors (Lipinski definition) is 5. The molecular weight excluding hydrogens is 326 g/mol. The van der Waals surface area contributed by atoms with Crippen molar-refractivity contribution in [3.8, 4) is 0 Å². The van der Waals surface area contributed by atoms with Crippen LogP contribution in [0.25, 0.3) is 0 Å². The van der Waals surface area contributed by atoms with Crippen LogP contribution in [0, 0.1) is 17.8 Å². The summed E-state index contributed by atoms with van der Waals surface area (Å²) in [6, 6.07) is -0.457. The van der Waals surface area contributed by atoms with Gasteiger partial charge in [-0.25, -0.2) is 14.6 Å². The summed E-state index contributed by atoms with van der Waals surface area (Å²) in [6.07, 6.45) is 8.39. The number of thiazole rings is 1. The van der Waals surface area contributed by atoms with Gasteiger partial charge >= 0.3 is 12.0 Å². The molecule has 2 N–H and O–H groups in total. The molecule has 0 aliphatic heterocycles. The van der Waals surface area contributed by atoms with Crippen LogP contribution in [-0.4, -0.2) is 29.1 Å². The van der Waals surface area contributed by atoms with E-state index in [-0.39, 0.29) is 5.54 Å². The largest absolute Gasteiger partial charge is 0.462 e. The summed E-state index contributed by atoms with van der Waals surface area (Å²) in [4.78, 5) is 30.7. The second-order valence-corrected chi connectivity index (χ2v) is 8.55. The fraction of sp³-hybridized carbons (Fsp3) is 0.706. The number of rotatable bonds is 4. The van der Waals surface area contributed by atoms with Crippen molar-refractivity contribution < 1.29 is 14.3 Å². The number of ether oxygens (including phenoxy) is 1. The van der Waals surface area contributed by atoms with E-state index in [2.05, 4.69) is 4.98 Å². The number of nitrogens with zero attached hydrogens (tertiary/aromatic N) is 2. The Kier molecular flexibility index (Phi) is 3.78. The second-order valence-electron chi connectivity index (χ2n) is 7.54. The van der Waals surface area contributed by atoms with Gasteiger partial charge in [-0.05, 0) is 63.2 Å². The normalized spacial score (nSPS) is 33.5. The van der Waals surface area contributed by atoms with E-state index in [0.717, 1.165) is 19.3 Å². The molecule has 130 valence electrons. The van der Waals surface area contributed by atoms with E-state index in [1.165, 1.54) is 36.8 Å². The zero-order chi connectivity index (χ0) is 16.9. The predicted octanol–water partition coefficient (Wildman–Crippen LogP) is 3.17. The van der Waals surface area contributed by atoms with Gasteiger partial charge in [-0.3, -0.25) is 4.90 Å². The summed E-state index contributed by atoms with van der Waals surface area (Å²) in [7, 11) is 0. The van der Waals surface area contributed by atoms with Crippen LogP contribution in [0.1, 0.15) is 55.1 Å². The van der Waals surface area contributed by atoms with E-state index in [0.29, 0.717) is 34.4 Å². The molecule has 4 aliphatic carbocycles. The lowest BCUT2D eigenvalue weighted by atomic mass is 9.52. The molecule has 0 unspecified atom stereocenters. The molecule has 7 heteroatoms. The van der Waals surface area contributed by atoms with E-state index in [1.54, 1.807) is 11.8 Å². The fourth-order valence-electron chi connectivity index (χ4n) is 5.53. The number of aromatic nitrogens is 1. The van der Waals surface area contributed by atoms with Crippen molar-refractivity contribution in [2.24, 2.45) is 23.5 Å². The highest BCUT2D eigenvalue weighted by Crippen LogP contribution is 2.58. The highest BCUT2D eigenvalue weighted by Gasteiger charge is 2.55. The van der Waals surface area contributed by atoms with Gasteiger partial charge in [0.1, 0.15) is 4.88 Å². The van der Waals surface area contributed by atoms with Crippen LogP contribution in [0.15, 0.2) is 6.20 Å². The average Bonchev–Trinajstić information content (AvgIpc) is 2.94. The number of esters is 1. The van der Waals surface area contributed by atoms with Crippen LogP contribution in [-0.2, 0) is 4.74 Å². The molecule has 1 heterocycles. The fourth-order valence-corrected chi connectivity index (χ4v) is 6.46. The van der Waals surface area contributed by atoms with E-state index in [4.69, 9.17) is 10.5 Å². The summed E-state index contributed by atoms with van der Waals surface area (Å²) in [5.74, 6) is 1.70. The number of urea groups is 1. The molecule has 4 fully saturated rings. The lowest BCUT2D eigenvalue weighted by molar-refractivity contribution is -0.000216. The van der Waals surface area contributed by atoms with E-state index in [1.807, 2.05) is 0 Å². The van der Waals surface area contributed by atoms with Crippen molar-refractivity contribution in [2.75, 3.05) is 11.5 Å². The Morgan fingerprint density at radius 3 is 2.38 bits per heavy atom. The summed E-state index contributed by atoms with van der Waals surface area (Å²) in [5.41, 5.74) is 5.57. The van der Waals surface area contributed by atoms with Crippen LogP contribution in [0.4, 0.5) is 9.93 Å². The molecular formula is C17H23N3O3S. The highest BCUT2D eigenvalue weighted by atomic mass is 32.1. The van der Waals surface area contributed by atoms with Gasteiger partial charge in [-0.2, -0.15) is 0 Å². The van der Waals surface area contributed by atoms with E-state index in [9.17, 15) is 9.59 Å². The van der Waals surface area contributed by atoms with Gasteiger partial charge in [-0.1, -0.05) is 11.3 Å². The number of anilines is 1. The first kappa shape index (κ1) is 15.9. The molecule has 0 aromatic carbocycles. The second kappa shape index (κ2) is 5.72. The van der Waals surface area contributed by atoms with Crippen molar-refractivity contribution >= 4 is 28.5 Å². The number of amides is 2. The predicted molar refractivity (Wildman–Crippen MR) is 91.0 cm³/mol. The molecule has 0 atom stereocenters. The maximum Gasteiger partial charge on any atom is 0.350 e. The molecule has 4 aliphatic rings. The van der Waals surface area contributed by atoms with E-state index < -0.39 is 12.0 Å². The molecule has 2 amide bonds. The van der Waals surface area contributed by atoms with Gasteiger partial charge in [-0.15, -0.1) is 0 Å². The molecule has 24 heavy (non-hydrogen) atoms. The number of carbonyl (C=O) groups is 2. The molecule has 0 spiro atoms. The van der Waals surface area contributed by atoms with Crippen LogP contribution >= 0.6 is 11.3 Å². The lowest BCUT2D eigenvalue weighted by Gasteiger charge is -2.59. The van der Waals surface area contributed by atoms with Crippen molar-refractivity contribution in [3.63, 3.8) is 0 Å². The Labute approximate surface area is 145 Å². The maximum atomic E-state index is 12.3. The summed E-state index contributed by atoms with van der Waals surface area (Å²) in [6.45, 7) is 2.09. The van der Waals surface area contributed by atoms with Crippen LogP contribution in [0.3, 0.4) is 0 Å². The highest BCUT2D eigenvalue weighted by molar-refractivity contribution is 7.17. The molecule has 6 nitrogen and oxygen atoms in total. The minimum atomic E-state index is -0.457. The van der Waals surface area contributed by atoms with Gasteiger partial charge in [0.05, 0.1) is 18.3 Å². The first-order valence-corrected chi connectivity index (χ1v) is 9.55. The Hall–Kier alpha value is -1.63. The van der Waals surface area contributed by atoms with Gasteiger partial charge in [0.15, 0.2) is 5.13 Å². The molecule has 4 bridgehead atoms. The Morgan fingerprint density at radius 1 is 1.29 bits per heavy atom. The third-order valence-electron chi connectivity index (χ3n) is 5.86. The van der Waals surface area contributed by atoms with Crippen LogP contribution in [0.5, 0.6) is 0 Å². The zero-order valence-electron chi connectivity index (χ0n) is 13.9. The third kappa shape index (κ3) is 2.49. The average molecular weight is 349 g/mol. The first-order valence-electron chi connectivity index (χ1n) is 8.73. The molecule has 1 aromatic heterocycles. The number of nitrogens with two attached hydrogens (primary N) is 1. The van der Waals surface area contributed by atoms with Gasteiger partial charge in [0.25, 0.3) is 0 Å². The van der Waals surface area contributed by atoms with Crippen LogP contribution in [0.2, 0.25) is 0 Å². The standard InChI is InChI=1S/C17H23N3O3S/c1-2-23-14(21)13-9-19-16(24-13)20(15(18)22)17-6-10-3-11(7-17)5-12(4-10)8-17/h9-12H,2-8H2,1H3,(H2,18,22). The summed E-state index contributed by atoms with van der Waals surface area (Å²) >= 11 is 1.21. The molecule has 1 aromatic rings. The topological polar surface area (TPSA) is 85.5 Å².